The van der Waals surface area contributed by atoms with Gasteiger partial charge < -0.3 is 14.2 Å². The van der Waals surface area contributed by atoms with Crippen LogP contribution in [0.4, 0.5) is 4.39 Å². The van der Waals surface area contributed by atoms with Crippen LogP contribution in [0.3, 0.4) is 0 Å². The van der Waals surface area contributed by atoms with Crippen LogP contribution in [0.25, 0.3) is 16.6 Å². The molecule has 4 rings (SSSR count). The van der Waals surface area contributed by atoms with Crippen LogP contribution in [-0.4, -0.2) is 47.8 Å². The molecule has 0 aliphatic rings. The van der Waals surface area contributed by atoms with E-state index in [0.717, 1.165) is 6.07 Å². The van der Waals surface area contributed by atoms with Gasteiger partial charge in [-0.25, -0.2) is 9.18 Å². The molecule has 1 aromatic heterocycles. The first kappa shape index (κ1) is 25.4. The first-order chi connectivity index (χ1) is 17.1. The Morgan fingerprint density at radius 3 is 2.25 bits per heavy atom. The number of ether oxygens (including phenoxy) is 1. The van der Waals surface area contributed by atoms with E-state index in [2.05, 4.69) is 0 Å². The summed E-state index contributed by atoms with van der Waals surface area (Å²) in [5.41, 5.74) is 1.23. The molecule has 0 spiro atoms. The lowest BCUT2D eigenvalue weighted by Crippen LogP contribution is -2.21. The van der Waals surface area contributed by atoms with Gasteiger partial charge in [0.2, 0.25) is 0 Å². The van der Waals surface area contributed by atoms with Gasteiger partial charge in [-0.3, -0.25) is 9.59 Å². The largest absolute Gasteiger partial charge is 0.462 e. The molecule has 0 radical (unpaired) electrons. The highest BCUT2D eigenvalue weighted by Gasteiger charge is 2.24. The predicted molar refractivity (Wildman–Crippen MR) is 137 cm³/mol. The summed E-state index contributed by atoms with van der Waals surface area (Å²) in [6.45, 7) is 1.81. The van der Waals surface area contributed by atoms with Crippen molar-refractivity contribution < 1.29 is 23.5 Å². The van der Waals surface area contributed by atoms with E-state index in [9.17, 15) is 14.4 Å². The standard InChI is InChI=1S/C27H21Cl2FN2O4/c1-4-36-27(35)16-9-11-22(21(30)12-16)32-14-18(25(33)24-19(28)6-5-7-20(24)29)17-10-8-15(13-23(17)32)26(34)31(2)3/h5-14H,4H2,1-3H3. The molecular formula is C27H21Cl2FN2O4. The molecule has 0 aliphatic carbocycles. The molecule has 6 nitrogen and oxygen atoms in total. The zero-order chi connectivity index (χ0) is 26.1. The molecule has 0 aliphatic heterocycles. The minimum absolute atomic E-state index is 0.0529. The zero-order valence-corrected chi connectivity index (χ0v) is 21.2. The number of fused-ring (bicyclic) bond motifs is 1. The van der Waals surface area contributed by atoms with Gasteiger partial charge >= 0.3 is 5.97 Å². The van der Waals surface area contributed by atoms with E-state index in [-0.39, 0.29) is 44.9 Å². The Kier molecular flexibility index (Phi) is 7.15. The molecule has 0 saturated carbocycles. The molecule has 0 bridgehead atoms. The number of hydrogen-bond donors (Lipinski definition) is 0. The third-order valence-corrected chi connectivity index (χ3v) is 6.24. The second kappa shape index (κ2) is 10.1. The molecule has 1 amide bonds. The van der Waals surface area contributed by atoms with E-state index < -0.39 is 17.6 Å². The Balaban J connectivity index is 1.95. The first-order valence-electron chi connectivity index (χ1n) is 11.0. The number of esters is 1. The van der Waals surface area contributed by atoms with Gasteiger partial charge in [0.1, 0.15) is 5.82 Å². The molecule has 0 atom stereocenters. The number of carbonyl (C=O) groups excluding carboxylic acids is 3. The average molecular weight is 527 g/mol. The van der Waals surface area contributed by atoms with E-state index in [1.54, 1.807) is 57.4 Å². The molecule has 0 N–H and O–H groups in total. The van der Waals surface area contributed by atoms with Crippen LogP contribution in [0.2, 0.25) is 10.0 Å². The maximum Gasteiger partial charge on any atom is 0.338 e. The zero-order valence-electron chi connectivity index (χ0n) is 19.6. The maximum atomic E-state index is 15.3. The normalized spacial score (nSPS) is 10.9. The van der Waals surface area contributed by atoms with Crippen molar-refractivity contribution >= 4 is 51.8 Å². The Morgan fingerprint density at radius 2 is 1.64 bits per heavy atom. The molecule has 1 heterocycles. The minimum atomic E-state index is -0.712. The van der Waals surface area contributed by atoms with Crippen molar-refractivity contribution in [1.29, 1.82) is 0 Å². The average Bonchev–Trinajstić information content (AvgIpc) is 3.22. The summed E-state index contributed by atoms with van der Waals surface area (Å²) in [5.74, 6) is -2.07. The molecule has 36 heavy (non-hydrogen) atoms. The highest BCUT2D eigenvalue weighted by molar-refractivity contribution is 6.41. The summed E-state index contributed by atoms with van der Waals surface area (Å²) in [4.78, 5) is 39.6. The van der Waals surface area contributed by atoms with Crippen LogP contribution in [0.5, 0.6) is 0 Å². The fraction of sp³-hybridized carbons (Fsp3) is 0.148. The minimum Gasteiger partial charge on any atom is -0.462 e. The Morgan fingerprint density at radius 1 is 0.972 bits per heavy atom. The van der Waals surface area contributed by atoms with E-state index in [0.29, 0.717) is 16.5 Å². The summed E-state index contributed by atoms with van der Waals surface area (Å²) < 4.78 is 21.7. The van der Waals surface area contributed by atoms with Crippen molar-refractivity contribution in [3.05, 3.63) is 98.9 Å². The maximum absolute atomic E-state index is 15.3. The fourth-order valence-electron chi connectivity index (χ4n) is 3.89. The van der Waals surface area contributed by atoms with Crippen LogP contribution < -0.4 is 0 Å². The highest BCUT2D eigenvalue weighted by atomic mass is 35.5. The molecule has 3 aromatic carbocycles. The monoisotopic (exact) mass is 526 g/mol. The van der Waals surface area contributed by atoms with Gasteiger partial charge in [-0.2, -0.15) is 0 Å². The summed E-state index contributed by atoms with van der Waals surface area (Å²) in [6.07, 6.45) is 1.47. The second-order valence-corrected chi connectivity index (χ2v) is 8.97. The van der Waals surface area contributed by atoms with Crippen LogP contribution in [0, 0.1) is 5.82 Å². The van der Waals surface area contributed by atoms with E-state index >= 15 is 4.39 Å². The van der Waals surface area contributed by atoms with Crippen molar-refractivity contribution in [2.45, 2.75) is 6.92 Å². The highest BCUT2D eigenvalue weighted by Crippen LogP contribution is 2.33. The van der Waals surface area contributed by atoms with Crippen molar-refractivity contribution in [2.75, 3.05) is 20.7 Å². The Labute approximate surface area is 216 Å². The summed E-state index contributed by atoms with van der Waals surface area (Å²) in [5, 5.41) is 0.829. The number of ketones is 1. The Hall–Kier alpha value is -3.68. The summed E-state index contributed by atoms with van der Waals surface area (Å²) in [7, 11) is 3.24. The quantitative estimate of drug-likeness (QED) is 0.222. The molecule has 9 heteroatoms. The molecule has 0 saturated heterocycles. The number of nitrogens with zero attached hydrogens (tertiary/aromatic N) is 2. The number of hydrogen-bond acceptors (Lipinski definition) is 4. The molecule has 4 aromatic rings. The molecule has 0 fully saturated rings. The smallest absolute Gasteiger partial charge is 0.338 e. The fourth-order valence-corrected chi connectivity index (χ4v) is 4.46. The van der Waals surface area contributed by atoms with Crippen LogP contribution >= 0.6 is 23.2 Å². The van der Waals surface area contributed by atoms with Gasteiger partial charge in [0.25, 0.3) is 5.91 Å². The van der Waals surface area contributed by atoms with Gasteiger partial charge in [-0.05, 0) is 49.4 Å². The van der Waals surface area contributed by atoms with Crippen LogP contribution in [0.15, 0.2) is 60.8 Å². The van der Waals surface area contributed by atoms with Gasteiger partial charge in [-0.1, -0.05) is 35.3 Å². The SMILES string of the molecule is CCOC(=O)c1ccc(-n2cc(C(=O)c3c(Cl)cccc3Cl)c3ccc(C(=O)N(C)C)cc32)c(F)c1. The lowest BCUT2D eigenvalue weighted by Gasteiger charge is -2.12. The van der Waals surface area contributed by atoms with Crippen molar-refractivity contribution in [3.63, 3.8) is 0 Å². The van der Waals surface area contributed by atoms with Gasteiger partial charge in [0, 0.05) is 36.8 Å². The molecule has 184 valence electrons. The van der Waals surface area contributed by atoms with Crippen molar-refractivity contribution in [3.8, 4) is 5.69 Å². The van der Waals surface area contributed by atoms with Gasteiger partial charge in [0.05, 0.1) is 39.0 Å². The van der Waals surface area contributed by atoms with Crippen LogP contribution in [0.1, 0.15) is 43.6 Å². The topological polar surface area (TPSA) is 68.6 Å². The second-order valence-electron chi connectivity index (χ2n) is 8.16. The Bertz CT molecular complexity index is 1510. The number of aromatic nitrogens is 1. The number of amides is 1. The van der Waals surface area contributed by atoms with Crippen LogP contribution in [-0.2, 0) is 4.74 Å². The third kappa shape index (κ3) is 4.59. The van der Waals surface area contributed by atoms with Crippen molar-refractivity contribution in [2.24, 2.45) is 0 Å². The van der Waals surface area contributed by atoms with Gasteiger partial charge in [-0.15, -0.1) is 0 Å². The predicted octanol–water partition coefficient (Wildman–Crippen LogP) is 6.19. The number of rotatable bonds is 6. The number of halogens is 3. The lowest BCUT2D eigenvalue weighted by atomic mass is 10.0. The molecular weight excluding hydrogens is 506 g/mol. The van der Waals surface area contributed by atoms with Crippen molar-refractivity contribution in [1.82, 2.24) is 9.47 Å². The van der Waals surface area contributed by atoms with E-state index in [1.807, 2.05) is 0 Å². The summed E-state index contributed by atoms with van der Waals surface area (Å²) in [6, 6.07) is 13.5. The molecule has 0 unspecified atom stereocenters. The lowest BCUT2D eigenvalue weighted by molar-refractivity contribution is 0.0525. The van der Waals surface area contributed by atoms with Gasteiger partial charge in [0.15, 0.2) is 5.78 Å². The first-order valence-corrected chi connectivity index (χ1v) is 11.7. The van der Waals surface area contributed by atoms with E-state index in [1.165, 1.54) is 27.8 Å². The third-order valence-electron chi connectivity index (χ3n) is 5.61. The summed E-state index contributed by atoms with van der Waals surface area (Å²) >= 11 is 12.6. The van der Waals surface area contributed by atoms with E-state index in [4.69, 9.17) is 27.9 Å². The number of benzene rings is 3. The number of carbonyl (C=O) groups is 3.